The minimum Gasteiger partial charge on any atom is -0.484 e. The summed E-state index contributed by atoms with van der Waals surface area (Å²) >= 11 is 3.36. The third kappa shape index (κ3) is 4.33. The van der Waals surface area contributed by atoms with E-state index in [-0.39, 0.29) is 18.6 Å². The van der Waals surface area contributed by atoms with Gasteiger partial charge in [0.25, 0.3) is 5.91 Å². The van der Waals surface area contributed by atoms with E-state index in [0.29, 0.717) is 5.75 Å². The Morgan fingerprint density at radius 3 is 2.38 bits per heavy atom. The molecule has 0 spiro atoms. The highest BCUT2D eigenvalue weighted by Crippen LogP contribution is 2.19. The summed E-state index contributed by atoms with van der Waals surface area (Å²) in [5, 5.41) is 0. The van der Waals surface area contributed by atoms with E-state index in [1.165, 1.54) is 0 Å². The van der Waals surface area contributed by atoms with Gasteiger partial charge in [0.05, 0.1) is 6.04 Å². The van der Waals surface area contributed by atoms with E-state index in [0.717, 1.165) is 10.0 Å². The molecule has 4 heteroatoms. The van der Waals surface area contributed by atoms with Crippen LogP contribution in [0.4, 0.5) is 0 Å². The summed E-state index contributed by atoms with van der Waals surface area (Å²) in [5.41, 5.74) is 1.11. The van der Waals surface area contributed by atoms with Gasteiger partial charge in [-0.2, -0.15) is 0 Å². The first-order chi connectivity index (χ1) is 10.1. The van der Waals surface area contributed by atoms with Gasteiger partial charge in [-0.05, 0) is 36.8 Å². The zero-order valence-corrected chi connectivity index (χ0v) is 13.7. The molecule has 0 heterocycles. The molecule has 2 aromatic rings. The number of hydrogen-bond acceptors (Lipinski definition) is 2. The van der Waals surface area contributed by atoms with Crippen LogP contribution in [0.2, 0.25) is 0 Å². The van der Waals surface area contributed by atoms with Crippen molar-refractivity contribution in [2.75, 3.05) is 13.7 Å². The summed E-state index contributed by atoms with van der Waals surface area (Å²) in [4.78, 5) is 13.9. The molecule has 1 atom stereocenters. The zero-order valence-electron chi connectivity index (χ0n) is 12.1. The van der Waals surface area contributed by atoms with Crippen LogP contribution in [-0.2, 0) is 4.79 Å². The predicted molar refractivity (Wildman–Crippen MR) is 87.3 cm³/mol. The summed E-state index contributed by atoms with van der Waals surface area (Å²) < 4.78 is 6.50. The van der Waals surface area contributed by atoms with Crippen LogP contribution >= 0.6 is 15.9 Å². The summed E-state index contributed by atoms with van der Waals surface area (Å²) in [6.45, 7) is 2.04. The van der Waals surface area contributed by atoms with Gasteiger partial charge in [0.1, 0.15) is 5.75 Å². The van der Waals surface area contributed by atoms with Crippen LogP contribution in [0.1, 0.15) is 18.5 Å². The van der Waals surface area contributed by atoms with Crippen molar-refractivity contribution in [1.82, 2.24) is 4.90 Å². The molecule has 0 fully saturated rings. The minimum atomic E-state index is -0.0470. The number of carbonyl (C=O) groups excluding carboxylic acids is 1. The highest BCUT2D eigenvalue weighted by molar-refractivity contribution is 9.10. The van der Waals surface area contributed by atoms with Crippen molar-refractivity contribution in [3.63, 3.8) is 0 Å². The number of carbonyl (C=O) groups is 1. The maximum Gasteiger partial charge on any atom is 0.260 e. The lowest BCUT2D eigenvalue weighted by Gasteiger charge is -2.25. The summed E-state index contributed by atoms with van der Waals surface area (Å²) in [6.07, 6.45) is 0. The maximum absolute atomic E-state index is 12.2. The van der Waals surface area contributed by atoms with E-state index < -0.39 is 0 Å². The van der Waals surface area contributed by atoms with E-state index in [9.17, 15) is 4.79 Å². The standard InChI is InChI=1S/C17H18BrNO2/c1-13(14-6-4-3-5-7-14)19(2)17(20)12-21-16-10-8-15(18)9-11-16/h3-11,13H,12H2,1-2H3. The van der Waals surface area contributed by atoms with Crippen molar-refractivity contribution in [2.45, 2.75) is 13.0 Å². The van der Waals surface area contributed by atoms with Gasteiger partial charge in [-0.25, -0.2) is 0 Å². The molecule has 0 radical (unpaired) electrons. The second-order valence-corrected chi connectivity index (χ2v) is 5.75. The molecule has 0 saturated carbocycles. The van der Waals surface area contributed by atoms with Crippen LogP contribution < -0.4 is 4.74 Å². The molecule has 0 saturated heterocycles. The second-order valence-electron chi connectivity index (χ2n) is 4.83. The van der Waals surface area contributed by atoms with Gasteiger partial charge >= 0.3 is 0 Å². The lowest BCUT2D eigenvalue weighted by Crippen LogP contribution is -2.33. The molecule has 2 rings (SSSR count). The number of hydrogen-bond donors (Lipinski definition) is 0. The first-order valence-electron chi connectivity index (χ1n) is 6.77. The van der Waals surface area contributed by atoms with E-state index in [4.69, 9.17) is 4.74 Å². The molecule has 21 heavy (non-hydrogen) atoms. The summed E-state index contributed by atoms with van der Waals surface area (Å²) in [5.74, 6) is 0.640. The number of likely N-dealkylation sites (N-methyl/N-ethyl adjacent to an activating group) is 1. The number of nitrogens with zero attached hydrogens (tertiary/aromatic N) is 1. The van der Waals surface area contributed by atoms with Crippen molar-refractivity contribution in [2.24, 2.45) is 0 Å². The van der Waals surface area contributed by atoms with Gasteiger partial charge in [-0.15, -0.1) is 0 Å². The normalized spacial score (nSPS) is 11.8. The van der Waals surface area contributed by atoms with Crippen LogP contribution in [0.15, 0.2) is 59.1 Å². The van der Waals surface area contributed by atoms with Crippen LogP contribution in [0.5, 0.6) is 5.75 Å². The molecule has 1 amide bonds. The maximum atomic E-state index is 12.2. The molecule has 0 aliphatic heterocycles. The Balaban J connectivity index is 1.92. The quantitative estimate of drug-likeness (QED) is 0.816. The van der Waals surface area contributed by atoms with Crippen molar-refractivity contribution in [3.05, 3.63) is 64.6 Å². The lowest BCUT2D eigenvalue weighted by molar-refractivity contribution is -0.134. The highest BCUT2D eigenvalue weighted by atomic mass is 79.9. The SMILES string of the molecule is CC(c1ccccc1)N(C)C(=O)COc1ccc(Br)cc1. The fourth-order valence-corrected chi connectivity index (χ4v) is 2.21. The smallest absolute Gasteiger partial charge is 0.260 e. The van der Waals surface area contributed by atoms with Gasteiger partial charge in [0, 0.05) is 11.5 Å². The van der Waals surface area contributed by atoms with Crippen molar-refractivity contribution < 1.29 is 9.53 Å². The second kappa shape index (κ2) is 7.27. The van der Waals surface area contributed by atoms with Gasteiger partial charge in [-0.3, -0.25) is 4.79 Å². The fourth-order valence-electron chi connectivity index (χ4n) is 1.95. The van der Waals surface area contributed by atoms with E-state index in [1.54, 1.807) is 11.9 Å². The van der Waals surface area contributed by atoms with E-state index in [1.807, 2.05) is 61.5 Å². The number of benzene rings is 2. The Kier molecular flexibility index (Phi) is 5.39. The topological polar surface area (TPSA) is 29.5 Å². The monoisotopic (exact) mass is 347 g/mol. The first kappa shape index (κ1) is 15.6. The largest absolute Gasteiger partial charge is 0.484 e. The first-order valence-corrected chi connectivity index (χ1v) is 7.56. The predicted octanol–water partition coefficient (Wildman–Crippen LogP) is 4.05. The van der Waals surface area contributed by atoms with E-state index in [2.05, 4.69) is 15.9 Å². The highest BCUT2D eigenvalue weighted by Gasteiger charge is 2.17. The van der Waals surface area contributed by atoms with Crippen LogP contribution in [0.3, 0.4) is 0 Å². The molecule has 0 aromatic heterocycles. The molecule has 0 N–H and O–H groups in total. The van der Waals surface area contributed by atoms with Gasteiger partial charge in [-0.1, -0.05) is 46.3 Å². The average molecular weight is 348 g/mol. The number of rotatable bonds is 5. The fraction of sp³-hybridized carbons (Fsp3) is 0.235. The molecule has 2 aromatic carbocycles. The number of halogens is 1. The molecule has 1 unspecified atom stereocenters. The number of amides is 1. The Labute approximate surface area is 133 Å². The Morgan fingerprint density at radius 2 is 1.76 bits per heavy atom. The number of ether oxygens (including phenoxy) is 1. The average Bonchev–Trinajstić information content (AvgIpc) is 2.53. The van der Waals surface area contributed by atoms with Gasteiger partial charge < -0.3 is 9.64 Å². The third-order valence-electron chi connectivity index (χ3n) is 3.43. The van der Waals surface area contributed by atoms with Gasteiger partial charge in [0.15, 0.2) is 6.61 Å². The molecule has 0 bridgehead atoms. The summed E-state index contributed by atoms with van der Waals surface area (Å²) in [7, 11) is 1.80. The summed E-state index contributed by atoms with van der Waals surface area (Å²) in [6, 6.07) is 17.4. The molecule has 0 aliphatic rings. The van der Waals surface area contributed by atoms with Gasteiger partial charge in [0.2, 0.25) is 0 Å². The Bertz CT molecular complexity index is 583. The molecule has 110 valence electrons. The molecular formula is C17H18BrNO2. The molecular weight excluding hydrogens is 330 g/mol. The minimum absolute atomic E-state index is 0.0206. The van der Waals surface area contributed by atoms with E-state index >= 15 is 0 Å². The Morgan fingerprint density at radius 1 is 1.14 bits per heavy atom. The van der Waals surface area contributed by atoms with Crippen LogP contribution in [-0.4, -0.2) is 24.5 Å². The third-order valence-corrected chi connectivity index (χ3v) is 3.96. The van der Waals surface area contributed by atoms with Crippen molar-refractivity contribution in [1.29, 1.82) is 0 Å². The van der Waals surface area contributed by atoms with Crippen molar-refractivity contribution in [3.8, 4) is 5.75 Å². The Hall–Kier alpha value is -1.81. The molecule has 3 nitrogen and oxygen atoms in total. The lowest BCUT2D eigenvalue weighted by atomic mass is 10.1. The van der Waals surface area contributed by atoms with Crippen LogP contribution in [0.25, 0.3) is 0 Å². The van der Waals surface area contributed by atoms with Crippen LogP contribution in [0, 0.1) is 0 Å². The zero-order chi connectivity index (χ0) is 15.2. The van der Waals surface area contributed by atoms with Crippen molar-refractivity contribution >= 4 is 21.8 Å². The molecule has 0 aliphatic carbocycles.